The number of aromatic nitrogens is 3. The van der Waals surface area contributed by atoms with E-state index in [0.717, 1.165) is 15.6 Å². The van der Waals surface area contributed by atoms with Gasteiger partial charge in [0.15, 0.2) is 5.65 Å². The normalized spacial score (nSPS) is 11.2. The first-order valence-corrected chi connectivity index (χ1v) is 5.02. The highest BCUT2D eigenvalue weighted by Crippen LogP contribution is 2.20. The third-order valence-electron chi connectivity index (χ3n) is 2.24. The number of pyridine rings is 1. The summed E-state index contributed by atoms with van der Waals surface area (Å²) in [6.45, 7) is 0. The quantitative estimate of drug-likeness (QED) is 0.612. The van der Waals surface area contributed by atoms with Crippen molar-refractivity contribution in [2.45, 2.75) is 0 Å². The molecule has 68 valence electrons. The van der Waals surface area contributed by atoms with E-state index in [1.165, 1.54) is 5.39 Å². The fourth-order valence-corrected chi connectivity index (χ4v) is 1.96. The Morgan fingerprint density at radius 1 is 1.14 bits per heavy atom. The predicted molar refractivity (Wildman–Crippen MR) is 58.2 cm³/mol. The highest BCUT2D eigenvalue weighted by molar-refractivity contribution is 9.10. The molecule has 14 heavy (non-hydrogen) atoms. The van der Waals surface area contributed by atoms with Crippen molar-refractivity contribution in [3.05, 3.63) is 41.1 Å². The SMILES string of the molecule is Brc1ccc2c(ccc3nncn32)c1. The van der Waals surface area contributed by atoms with E-state index in [1.54, 1.807) is 6.33 Å². The lowest BCUT2D eigenvalue weighted by atomic mass is 10.2. The van der Waals surface area contributed by atoms with Gasteiger partial charge in [-0.3, -0.25) is 4.40 Å². The van der Waals surface area contributed by atoms with Crippen LogP contribution in [0.2, 0.25) is 0 Å². The zero-order valence-electron chi connectivity index (χ0n) is 7.18. The molecule has 0 amide bonds. The van der Waals surface area contributed by atoms with Crippen molar-refractivity contribution in [3.63, 3.8) is 0 Å². The molecule has 2 aromatic heterocycles. The van der Waals surface area contributed by atoms with E-state index in [-0.39, 0.29) is 0 Å². The summed E-state index contributed by atoms with van der Waals surface area (Å²) >= 11 is 3.45. The van der Waals surface area contributed by atoms with Crippen LogP contribution in [0.15, 0.2) is 41.1 Å². The number of hydrogen-bond acceptors (Lipinski definition) is 2. The maximum Gasteiger partial charge on any atom is 0.161 e. The molecule has 1 aromatic carbocycles. The molecule has 0 unspecified atom stereocenters. The lowest BCUT2D eigenvalue weighted by Gasteiger charge is -2.00. The number of rotatable bonds is 0. The Labute approximate surface area is 88.5 Å². The molecule has 0 bridgehead atoms. The van der Waals surface area contributed by atoms with Crippen LogP contribution in [0.1, 0.15) is 0 Å². The average Bonchev–Trinajstić information content (AvgIpc) is 2.65. The van der Waals surface area contributed by atoms with Crippen molar-refractivity contribution < 1.29 is 0 Å². The summed E-state index contributed by atoms with van der Waals surface area (Å²) in [7, 11) is 0. The zero-order valence-corrected chi connectivity index (χ0v) is 8.77. The molecule has 0 radical (unpaired) electrons. The molecule has 0 aliphatic rings. The summed E-state index contributed by atoms with van der Waals surface area (Å²) in [5.41, 5.74) is 2.00. The van der Waals surface area contributed by atoms with Crippen LogP contribution < -0.4 is 0 Å². The first-order valence-electron chi connectivity index (χ1n) is 4.22. The Morgan fingerprint density at radius 2 is 2.07 bits per heavy atom. The third-order valence-corrected chi connectivity index (χ3v) is 2.73. The van der Waals surface area contributed by atoms with E-state index in [2.05, 4.69) is 38.3 Å². The molecular weight excluding hydrogens is 242 g/mol. The van der Waals surface area contributed by atoms with Gasteiger partial charge in [0.05, 0.1) is 5.52 Å². The summed E-state index contributed by atoms with van der Waals surface area (Å²) in [4.78, 5) is 0. The molecule has 2 heterocycles. The van der Waals surface area contributed by atoms with Gasteiger partial charge in [-0.2, -0.15) is 0 Å². The largest absolute Gasteiger partial charge is 0.282 e. The molecular formula is C10H6BrN3. The maximum atomic E-state index is 3.99. The monoisotopic (exact) mass is 247 g/mol. The minimum atomic E-state index is 0.875. The minimum absolute atomic E-state index is 0.875. The first-order chi connectivity index (χ1) is 6.84. The van der Waals surface area contributed by atoms with Crippen molar-refractivity contribution in [1.82, 2.24) is 14.6 Å². The van der Waals surface area contributed by atoms with Crippen molar-refractivity contribution in [3.8, 4) is 0 Å². The Bertz CT molecular complexity index is 615. The highest BCUT2D eigenvalue weighted by atomic mass is 79.9. The van der Waals surface area contributed by atoms with Crippen molar-refractivity contribution >= 4 is 32.5 Å². The molecule has 3 nitrogen and oxygen atoms in total. The molecule has 3 aromatic rings. The number of fused-ring (bicyclic) bond motifs is 3. The number of benzene rings is 1. The van der Waals surface area contributed by atoms with Crippen LogP contribution in [-0.4, -0.2) is 14.6 Å². The van der Waals surface area contributed by atoms with E-state index < -0.39 is 0 Å². The van der Waals surface area contributed by atoms with Crippen LogP contribution >= 0.6 is 15.9 Å². The lowest BCUT2D eigenvalue weighted by molar-refractivity contribution is 1.11. The Balaban J connectivity index is 2.57. The predicted octanol–water partition coefficient (Wildman–Crippen LogP) is 2.65. The van der Waals surface area contributed by atoms with Crippen LogP contribution in [0.4, 0.5) is 0 Å². The molecule has 0 fully saturated rings. The molecule has 3 rings (SSSR count). The molecule has 0 atom stereocenters. The van der Waals surface area contributed by atoms with Gasteiger partial charge in [0.25, 0.3) is 0 Å². The zero-order chi connectivity index (χ0) is 9.54. The van der Waals surface area contributed by atoms with Gasteiger partial charge < -0.3 is 0 Å². The van der Waals surface area contributed by atoms with Crippen LogP contribution in [0.3, 0.4) is 0 Å². The van der Waals surface area contributed by atoms with Gasteiger partial charge in [-0.05, 0) is 35.7 Å². The lowest BCUT2D eigenvalue weighted by Crippen LogP contribution is -1.85. The van der Waals surface area contributed by atoms with E-state index in [4.69, 9.17) is 0 Å². The minimum Gasteiger partial charge on any atom is -0.282 e. The van der Waals surface area contributed by atoms with Crippen LogP contribution in [0.5, 0.6) is 0 Å². The van der Waals surface area contributed by atoms with Gasteiger partial charge in [-0.15, -0.1) is 10.2 Å². The molecule has 0 spiro atoms. The molecule has 0 saturated heterocycles. The first kappa shape index (κ1) is 7.94. The summed E-state index contributed by atoms with van der Waals surface area (Å²) in [6, 6.07) is 10.2. The second kappa shape index (κ2) is 2.78. The highest BCUT2D eigenvalue weighted by Gasteiger charge is 2.00. The second-order valence-electron chi connectivity index (χ2n) is 3.10. The molecule has 0 saturated carbocycles. The van der Waals surface area contributed by atoms with Crippen LogP contribution in [-0.2, 0) is 0 Å². The van der Waals surface area contributed by atoms with Gasteiger partial charge in [0, 0.05) is 4.47 Å². The van der Waals surface area contributed by atoms with Crippen molar-refractivity contribution in [2.24, 2.45) is 0 Å². The molecule has 0 aliphatic heterocycles. The summed E-state index contributed by atoms with van der Waals surface area (Å²) < 4.78 is 3.05. The Kier molecular flexibility index (Phi) is 1.58. The number of halogens is 1. The van der Waals surface area contributed by atoms with Gasteiger partial charge in [0.2, 0.25) is 0 Å². The molecule has 0 aliphatic carbocycles. The number of hydrogen-bond donors (Lipinski definition) is 0. The van der Waals surface area contributed by atoms with Crippen LogP contribution in [0, 0.1) is 0 Å². The topological polar surface area (TPSA) is 30.2 Å². The van der Waals surface area contributed by atoms with Gasteiger partial charge in [-0.25, -0.2) is 0 Å². The smallest absolute Gasteiger partial charge is 0.161 e. The van der Waals surface area contributed by atoms with Gasteiger partial charge >= 0.3 is 0 Å². The maximum absolute atomic E-state index is 3.99. The Hall–Kier alpha value is -1.42. The fraction of sp³-hybridized carbons (Fsp3) is 0. The van der Waals surface area contributed by atoms with E-state index in [9.17, 15) is 0 Å². The summed E-state index contributed by atoms with van der Waals surface area (Å²) in [5.74, 6) is 0. The third kappa shape index (κ3) is 1.04. The van der Waals surface area contributed by atoms with Crippen molar-refractivity contribution in [1.29, 1.82) is 0 Å². The molecule has 4 heteroatoms. The standard InChI is InChI=1S/C10H6BrN3/c11-8-2-3-9-7(5-8)1-4-10-13-12-6-14(9)10/h1-6H. The van der Waals surface area contributed by atoms with E-state index >= 15 is 0 Å². The fourth-order valence-electron chi connectivity index (χ4n) is 1.59. The van der Waals surface area contributed by atoms with Crippen LogP contribution in [0.25, 0.3) is 16.6 Å². The summed E-state index contributed by atoms with van der Waals surface area (Å²) in [5, 5.41) is 9.04. The van der Waals surface area contributed by atoms with Crippen molar-refractivity contribution in [2.75, 3.05) is 0 Å². The second-order valence-corrected chi connectivity index (χ2v) is 4.01. The molecule has 0 N–H and O–H groups in total. The summed E-state index contributed by atoms with van der Waals surface area (Å²) in [6.07, 6.45) is 1.73. The van der Waals surface area contributed by atoms with E-state index in [0.29, 0.717) is 0 Å². The number of nitrogens with zero attached hydrogens (tertiary/aromatic N) is 3. The van der Waals surface area contributed by atoms with E-state index in [1.807, 2.05) is 22.6 Å². The van der Waals surface area contributed by atoms with Gasteiger partial charge in [0.1, 0.15) is 6.33 Å². The van der Waals surface area contributed by atoms with Gasteiger partial charge in [-0.1, -0.05) is 15.9 Å². The Morgan fingerprint density at radius 3 is 3.00 bits per heavy atom. The average molecular weight is 248 g/mol.